The first-order valence-corrected chi connectivity index (χ1v) is 9.55. The lowest BCUT2D eigenvalue weighted by molar-refractivity contribution is 0.103. The SMILES string of the molecule is Cc1ccccc1N1CCN(Cc2[nH]c(=O)[nH]c2C(=O)c2ccccc2)CC1. The number of para-hydroxylation sites is 1. The minimum absolute atomic E-state index is 0.160. The third-order valence-corrected chi connectivity index (χ3v) is 5.28. The van der Waals surface area contributed by atoms with Crippen LogP contribution in [0.15, 0.2) is 59.4 Å². The van der Waals surface area contributed by atoms with Gasteiger partial charge in [0.1, 0.15) is 5.69 Å². The van der Waals surface area contributed by atoms with Gasteiger partial charge >= 0.3 is 5.69 Å². The number of piperazine rings is 1. The number of rotatable bonds is 5. The van der Waals surface area contributed by atoms with Crippen molar-refractivity contribution in [1.29, 1.82) is 0 Å². The molecule has 0 saturated carbocycles. The van der Waals surface area contributed by atoms with E-state index >= 15 is 0 Å². The fraction of sp³-hybridized carbons (Fsp3) is 0.273. The monoisotopic (exact) mass is 376 g/mol. The molecule has 1 aliphatic heterocycles. The number of hydrogen-bond acceptors (Lipinski definition) is 4. The number of anilines is 1. The number of nitrogens with zero attached hydrogens (tertiary/aromatic N) is 2. The molecule has 2 N–H and O–H groups in total. The van der Waals surface area contributed by atoms with Crippen LogP contribution in [-0.4, -0.2) is 46.8 Å². The van der Waals surface area contributed by atoms with E-state index in [0.717, 1.165) is 26.2 Å². The van der Waals surface area contributed by atoms with E-state index in [4.69, 9.17) is 0 Å². The molecule has 0 atom stereocenters. The topological polar surface area (TPSA) is 72.2 Å². The zero-order chi connectivity index (χ0) is 19.5. The molecule has 1 aromatic heterocycles. The third-order valence-electron chi connectivity index (χ3n) is 5.28. The van der Waals surface area contributed by atoms with Crippen LogP contribution in [0.3, 0.4) is 0 Å². The Bertz CT molecular complexity index is 1010. The van der Waals surface area contributed by atoms with Crippen molar-refractivity contribution in [1.82, 2.24) is 14.9 Å². The van der Waals surface area contributed by atoms with Crippen molar-refractivity contribution in [2.45, 2.75) is 13.5 Å². The van der Waals surface area contributed by atoms with Gasteiger partial charge in [0.25, 0.3) is 0 Å². The Morgan fingerprint density at radius 3 is 2.32 bits per heavy atom. The predicted molar refractivity (Wildman–Crippen MR) is 110 cm³/mol. The molecule has 0 spiro atoms. The number of aryl methyl sites for hydroxylation is 1. The van der Waals surface area contributed by atoms with Crippen LogP contribution in [0.5, 0.6) is 0 Å². The Balaban J connectivity index is 1.46. The van der Waals surface area contributed by atoms with Gasteiger partial charge in [-0.05, 0) is 18.6 Å². The van der Waals surface area contributed by atoms with Gasteiger partial charge in [-0.15, -0.1) is 0 Å². The summed E-state index contributed by atoms with van der Waals surface area (Å²) in [5, 5.41) is 0. The lowest BCUT2D eigenvalue weighted by atomic mass is 10.1. The van der Waals surface area contributed by atoms with E-state index < -0.39 is 0 Å². The molecule has 0 radical (unpaired) electrons. The van der Waals surface area contributed by atoms with Gasteiger partial charge in [-0.3, -0.25) is 9.69 Å². The number of nitrogens with one attached hydrogen (secondary N) is 2. The molecule has 1 fully saturated rings. The molecule has 28 heavy (non-hydrogen) atoms. The van der Waals surface area contributed by atoms with Gasteiger partial charge in [-0.2, -0.15) is 0 Å². The van der Waals surface area contributed by atoms with E-state index in [1.54, 1.807) is 12.1 Å². The molecule has 1 aliphatic rings. The quantitative estimate of drug-likeness (QED) is 0.672. The fourth-order valence-corrected chi connectivity index (χ4v) is 3.75. The van der Waals surface area contributed by atoms with Crippen LogP contribution in [0.25, 0.3) is 0 Å². The maximum absolute atomic E-state index is 12.8. The Morgan fingerprint density at radius 2 is 1.61 bits per heavy atom. The fourth-order valence-electron chi connectivity index (χ4n) is 3.75. The van der Waals surface area contributed by atoms with E-state index in [0.29, 0.717) is 23.5 Å². The molecule has 2 heterocycles. The lowest BCUT2D eigenvalue weighted by Gasteiger charge is -2.36. The molecular formula is C22H24N4O2. The highest BCUT2D eigenvalue weighted by Crippen LogP contribution is 2.21. The molecule has 0 amide bonds. The van der Waals surface area contributed by atoms with Gasteiger partial charge < -0.3 is 14.9 Å². The largest absolute Gasteiger partial charge is 0.369 e. The highest BCUT2D eigenvalue weighted by atomic mass is 16.1. The molecule has 2 aromatic carbocycles. The highest BCUT2D eigenvalue weighted by Gasteiger charge is 2.22. The van der Waals surface area contributed by atoms with Gasteiger partial charge in [0.15, 0.2) is 0 Å². The second-order valence-electron chi connectivity index (χ2n) is 7.18. The maximum atomic E-state index is 12.8. The second kappa shape index (κ2) is 7.86. The summed E-state index contributed by atoms with van der Waals surface area (Å²) in [6.45, 7) is 6.27. The minimum atomic E-state index is -0.340. The van der Waals surface area contributed by atoms with Gasteiger partial charge in [0, 0.05) is 44.0 Å². The van der Waals surface area contributed by atoms with E-state index in [1.807, 2.05) is 18.2 Å². The number of hydrogen-bond donors (Lipinski definition) is 2. The van der Waals surface area contributed by atoms with Crippen LogP contribution in [0.4, 0.5) is 5.69 Å². The second-order valence-corrected chi connectivity index (χ2v) is 7.18. The van der Waals surface area contributed by atoms with Crippen molar-refractivity contribution in [3.63, 3.8) is 0 Å². The van der Waals surface area contributed by atoms with Crippen molar-refractivity contribution < 1.29 is 4.79 Å². The number of imidazole rings is 1. The van der Waals surface area contributed by atoms with Crippen LogP contribution in [0.1, 0.15) is 27.3 Å². The third kappa shape index (κ3) is 3.77. The zero-order valence-electron chi connectivity index (χ0n) is 15.9. The summed E-state index contributed by atoms with van der Waals surface area (Å²) in [5.41, 5.74) is 3.80. The molecule has 0 aliphatic carbocycles. The van der Waals surface area contributed by atoms with Crippen LogP contribution in [0, 0.1) is 6.92 Å². The normalized spacial score (nSPS) is 15.0. The molecule has 3 aromatic rings. The van der Waals surface area contributed by atoms with E-state index in [2.05, 4.69) is 51.0 Å². The van der Waals surface area contributed by atoms with Crippen LogP contribution >= 0.6 is 0 Å². The predicted octanol–water partition coefficient (Wildman–Crippen LogP) is 2.56. The smallest absolute Gasteiger partial charge is 0.323 e. The molecule has 4 rings (SSSR count). The molecule has 6 nitrogen and oxygen atoms in total. The number of carbonyl (C=O) groups is 1. The van der Waals surface area contributed by atoms with E-state index in [9.17, 15) is 9.59 Å². The summed E-state index contributed by atoms with van der Waals surface area (Å²) >= 11 is 0. The summed E-state index contributed by atoms with van der Waals surface area (Å²) < 4.78 is 0. The molecular weight excluding hydrogens is 352 g/mol. The summed E-state index contributed by atoms with van der Waals surface area (Å²) in [5.74, 6) is -0.160. The molecule has 0 unspecified atom stereocenters. The van der Waals surface area contributed by atoms with Gasteiger partial charge in [-0.25, -0.2) is 4.79 Å². The number of ketones is 1. The summed E-state index contributed by atoms with van der Waals surface area (Å²) in [4.78, 5) is 34.8. The number of H-pyrrole nitrogens is 2. The Labute approximate surface area is 163 Å². The van der Waals surface area contributed by atoms with Crippen molar-refractivity contribution in [3.05, 3.63) is 87.6 Å². The number of aromatic nitrogens is 2. The summed E-state index contributed by atoms with van der Waals surface area (Å²) in [6, 6.07) is 17.5. The van der Waals surface area contributed by atoms with Crippen LogP contribution in [-0.2, 0) is 6.54 Å². The molecule has 144 valence electrons. The van der Waals surface area contributed by atoms with E-state index in [1.165, 1.54) is 11.3 Å². The van der Waals surface area contributed by atoms with Crippen molar-refractivity contribution in [3.8, 4) is 0 Å². The Kier molecular flexibility index (Phi) is 5.12. The first-order valence-electron chi connectivity index (χ1n) is 9.55. The van der Waals surface area contributed by atoms with Crippen molar-refractivity contribution >= 4 is 11.5 Å². The Morgan fingerprint density at radius 1 is 0.929 bits per heavy atom. The molecule has 6 heteroatoms. The highest BCUT2D eigenvalue weighted by molar-refractivity contribution is 6.08. The summed E-state index contributed by atoms with van der Waals surface area (Å²) in [6.07, 6.45) is 0. The van der Waals surface area contributed by atoms with Crippen molar-refractivity contribution in [2.24, 2.45) is 0 Å². The van der Waals surface area contributed by atoms with Crippen LogP contribution in [0.2, 0.25) is 0 Å². The average Bonchev–Trinajstić information content (AvgIpc) is 3.09. The van der Waals surface area contributed by atoms with Gasteiger partial charge in [-0.1, -0.05) is 48.5 Å². The molecule has 1 saturated heterocycles. The first-order chi connectivity index (χ1) is 13.6. The van der Waals surface area contributed by atoms with Gasteiger partial charge in [0.05, 0.1) is 5.69 Å². The number of aromatic amines is 2. The van der Waals surface area contributed by atoms with Crippen molar-refractivity contribution in [2.75, 3.05) is 31.1 Å². The summed E-state index contributed by atoms with van der Waals surface area (Å²) in [7, 11) is 0. The zero-order valence-corrected chi connectivity index (χ0v) is 15.9. The Hall–Kier alpha value is -3.12. The van der Waals surface area contributed by atoms with E-state index in [-0.39, 0.29) is 11.5 Å². The number of carbonyl (C=O) groups excluding carboxylic acids is 1. The minimum Gasteiger partial charge on any atom is -0.369 e. The standard InChI is InChI=1S/C22H24N4O2/c1-16-7-5-6-10-19(16)26-13-11-25(12-14-26)15-18-20(24-22(28)23-18)21(27)17-8-3-2-4-9-17/h2-10H,11-15H2,1H3,(H2,23,24,28). The number of benzene rings is 2. The maximum Gasteiger partial charge on any atom is 0.323 e. The first kappa shape index (κ1) is 18.3. The van der Waals surface area contributed by atoms with Gasteiger partial charge in [0.2, 0.25) is 5.78 Å². The van der Waals surface area contributed by atoms with Crippen LogP contribution < -0.4 is 10.6 Å². The average molecular weight is 376 g/mol. The molecule has 0 bridgehead atoms. The lowest BCUT2D eigenvalue weighted by Crippen LogP contribution is -2.46.